The van der Waals surface area contributed by atoms with Crippen molar-refractivity contribution in [3.8, 4) is 11.5 Å². The fourth-order valence-corrected chi connectivity index (χ4v) is 4.11. The third-order valence-corrected chi connectivity index (χ3v) is 5.85. The van der Waals surface area contributed by atoms with E-state index in [2.05, 4.69) is 4.74 Å². The van der Waals surface area contributed by atoms with Gasteiger partial charge in [-0.25, -0.2) is 4.79 Å². The molecule has 0 saturated carbocycles. The van der Waals surface area contributed by atoms with Crippen molar-refractivity contribution in [2.75, 3.05) is 20.3 Å². The molecule has 32 heavy (non-hydrogen) atoms. The molecule has 3 rings (SSSR count). The van der Waals surface area contributed by atoms with Gasteiger partial charge in [-0.3, -0.25) is 14.5 Å². The van der Waals surface area contributed by atoms with Gasteiger partial charge in [-0.1, -0.05) is 35.3 Å². The van der Waals surface area contributed by atoms with E-state index in [9.17, 15) is 14.4 Å². The maximum atomic E-state index is 12.8. The van der Waals surface area contributed by atoms with Crippen LogP contribution < -0.4 is 9.47 Å². The van der Waals surface area contributed by atoms with Crippen molar-refractivity contribution < 1.29 is 28.6 Å². The molecular formula is C22H19Cl2NO6S. The summed E-state index contributed by atoms with van der Waals surface area (Å²) in [5.41, 5.74) is 1.25. The van der Waals surface area contributed by atoms with Gasteiger partial charge in [-0.2, -0.15) is 0 Å². The first-order valence-corrected chi connectivity index (χ1v) is 11.1. The molecule has 2 aromatic rings. The maximum absolute atomic E-state index is 12.8. The number of esters is 1. The molecule has 2 aromatic carbocycles. The number of rotatable bonds is 8. The smallest absolute Gasteiger partial charge is 0.343 e. The summed E-state index contributed by atoms with van der Waals surface area (Å²) in [6.45, 7) is 1.96. The number of imide groups is 1. The third-order valence-electron chi connectivity index (χ3n) is 4.36. The lowest BCUT2D eigenvalue weighted by Gasteiger charge is -2.14. The highest BCUT2D eigenvalue weighted by molar-refractivity contribution is 8.18. The van der Waals surface area contributed by atoms with Gasteiger partial charge in [0.15, 0.2) is 18.1 Å². The van der Waals surface area contributed by atoms with Crippen LogP contribution in [0.25, 0.3) is 6.08 Å². The van der Waals surface area contributed by atoms with Crippen molar-refractivity contribution >= 4 is 58.2 Å². The van der Waals surface area contributed by atoms with E-state index in [4.69, 9.17) is 32.7 Å². The van der Waals surface area contributed by atoms with Gasteiger partial charge < -0.3 is 14.2 Å². The van der Waals surface area contributed by atoms with Gasteiger partial charge >= 0.3 is 5.97 Å². The van der Waals surface area contributed by atoms with Crippen molar-refractivity contribution in [2.45, 2.75) is 13.5 Å². The van der Waals surface area contributed by atoms with Crippen LogP contribution in [0.2, 0.25) is 10.0 Å². The molecule has 0 bridgehead atoms. The molecule has 10 heteroatoms. The van der Waals surface area contributed by atoms with Crippen LogP contribution in [0, 0.1) is 0 Å². The van der Waals surface area contributed by atoms with Gasteiger partial charge in [-0.05, 0) is 60.2 Å². The molecule has 1 fully saturated rings. The zero-order chi connectivity index (χ0) is 23.3. The van der Waals surface area contributed by atoms with E-state index in [1.165, 1.54) is 7.11 Å². The Kier molecular flexibility index (Phi) is 8.06. The van der Waals surface area contributed by atoms with Crippen LogP contribution in [0.3, 0.4) is 0 Å². The second kappa shape index (κ2) is 10.8. The average Bonchev–Trinajstić information content (AvgIpc) is 3.02. The molecule has 0 unspecified atom stereocenters. The molecule has 1 aliphatic rings. The monoisotopic (exact) mass is 495 g/mol. The summed E-state index contributed by atoms with van der Waals surface area (Å²) in [4.78, 5) is 38.0. The molecule has 1 saturated heterocycles. The molecule has 0 aliphatic carbocycles. The lowest BCUT2D eigenvalue weighted by Crippen LogP contribution is -2.27. The second-order valence-corrected chi connectivity index (χ2v) is 8.34. The quantitative estimate of drug-likeness (QED) is 0.368. The molecule has 0 atom stereocenters. The SMILES string of the molecule is CCOc1cc(/C=C2/SC(=O)N(Cc3ccc(Cl)cc3Cl)C2=O)ccc1OCC(=O)OC. The van der Waals surface area contributed by atoms with E-state index in [1.807, 2.05) is 6.92 Å². The number of hydrogen-bond acceptors (Lipinski definition) is 7. The number of nitrogens with zero attached hydrogens (tertiary/aromatic N) is 1. The minimum absolute atomic E-state index is 0.0442. The number of carbonyl (C=O) groups is 3. The Balaban J connectivity index is 1.80. The first kappa shape index (κ1) is 24.0. The van der Waals surface area contributed by atoms with Gasteiger partial charge in [0.2, 0.25) is 0 Å². The minimum Gasteiger partial charge on any atom is -0.490 e. The van der Waals surface area contributed by atoms with Crippen LogP contribution in [0.5, 0.6) is 11.5 Å². The third kappa shape index (κ3) is 5.76. The highest BCUT2D eigenvalue weighted by atomic mass is 35.5. The highest BCUT2D eigenvalue weighted by Gasteiger charge is 2.35. The van der Waals surface area contributed by atoms with E-state index in [1.54, 1.807) is 42.5 Å². The molecular weight excluding hydrogens is 477 g/mol. The first-order chi connectivity index (χ1) is 15.3. The van der Waals surface area contributed by atoms with Crippen LogP contribution >= 0.6 is 35.0 Å². The van der Waals surface area contributed by atoms with Crippen molar-refractivity contribution in [3.63, 3.8) is 0 Å². The number of ether oxygens (including phenoxy) is 3. The van der Waals surface area contributed by atoms with E-state index in [0.29, 0.717) is 39.3 Å². The molecule has 1 heterocycles. The van der Waals surface area contributed by atoms with Crippen LogP contribution in [0.1, 0.15) is 18.1 Å². The number of benzene rings is 2. The maximum Gasteiger partial charge on any atom is 0.343 e. The van der Waals surface area contributed by atoms with Crippen LogP contribution in [0.15, 0.2) is 41.3 Å². The normalized spacial score (nSPS) is 14.8. The summed E-state index contributed by atoms with van der Waals surface area (Å²) in [5, 5.41) is 0.455. The zero-order valence-corrected chi connectivity index (χ0v) is 19.6. The summed E-state index contributed by atoms with van der Waals surface area (Å²) in [6, 6.07) is 9.87. The number of halogens is 2. The van der Waals surface area contributed by atoms with Crippen molar-refractivity contribution in [1.29, 1.82) is 0 Å². The lowest BCUT2D eigenvalue weighted by atomic mass is 10.1. The molecule has 7 nitrogen and oxygen atoms in total. The molecule has 2 amide bonds. The number of amides is 2. The van der Waals surface area contributed by atoms with Crippen molar-refractivity contribution in [1.82, 2.24) is 4.90 Å². The summed E-state index contributed by atoms with van der Waals surface area (Å²) in [7, 11) is 1.27. The number of methoxy groups -OCH3 is 1. The minimum atomic E-state index is -0.522. The molecule has 0 aromatic heterocycles. The summed E-state index contributed by atoms with van der Waals surface area (Å²) >= 11 is 12.9. The van der Waals surface area contributed by atoms with E-state index in [0.717, 1.165) is 16.7 Å². The molecule has 168 valence electrons. The lowest BCUT2D eigenvalue weighted by molar-refractivity contribution is -0.142. The van der Waals surface area contributed by atoms with Crippen LogP contribution in [0.4, 0.5) is 4.79 Å². The largest absolute Gasteiger partial charge is 0.490 e. The Morgan fingerprint density at radius 2 is 1.88 bits per heavy atom. The average molecular weight is 496 g/mol. The zero-order valence-electron chi connectivity index (χ0n) is 17.2. The predicted octanol–water partition coefficient (Wildman–Crippen LogP) is 5.18. The number of hydrogen-bond donors (Lipinski definition) is 0. The standard InChI is InChI=1S/C22H19Cl2NO6S/c1-3-30-18-8-13(4-7-17(18)31-12-20(26)29-2)9-19-21(27)25(22(28)32-19)11-14-5-6-15(23)10-16(14)24/h4-10H,3,11-12H2,1-2H3/b19-9+. The van der Waals surface area contributed by atoms with Gasteiger partial charge in [0.1, 0.15) is 0 Å². The Labute approximate surface area is 199 Å². The Hall–Kier alpha value is -2.68. The van der Waals surface area contributed by atoms with Gasteiger partial charge in [0, 0.05) is 10.0 Å². The fraction of sp³-hybridized carbons (Fsp3) is 0.227. The van der Waals surface area contributed by atoms with E-state index in [-0.39, 0.29) is 18.1 Å². The van der Waals surface area contributed by atoms with E-state index < -0.39 is 17.1 Å². The number of carbonyl (C=O) groups excluding carboxylic acids is 3. The molecule has 0 spiro atoms. The van der Waals surface area contributed by atoms with Gasteiger partial charge in [0.05, 0.1) is 25.2 Å². The molecule has 0 radical (unpaired) electrons. The van der Waals surface area contributed by atoms with Crippen molar-refractivity contribution in [2.24, 2.45) is 0 Å². The summed E-state index contributed by atoms with van der Waals surface area (Å²) < 4.78 is 15.6. The summed E-state index contributed by atoms with van der Waals surface area (Å²) in [5.74, 6) is -0.182. The van der Waals surface area contributed by atoms with Crippen LogP contribution in [-0.4, -0.2) is 42.3 Å². The first-order valence-electron chi connectivity index (χ1n) is 9.48. The molecule has 1 aliphatic heterocycles. The van der Waals surface area contributed by atoms with Crippen LogP contribution in [-0.2, 0) is 20.9 Å². The highest BCUT2D eigenvalue weighted by Crippen LogP contribution is 2.36. The Bertz CT molecular complexity index is 1090. The molecule has 0 N–H and O–H groups in total. The van der Waals surface area contributed by atoms with E-state index >= 15 is 0 Å². The van der Waals surface area contributed by atoms with Gasteiger partial charge in [0.25, 0.3) is 11.1 Å². The van der Waals surface area contributed by atoms with Crippen molar-refractivity contribution in [3.05, 3.63) is 62.5 Å². The Morgan fingerprint density at radius 1 is 1.09 bits per heavy atom. The second-order valence-electron chi connectivity index (χ2n) is 6.51. The topological polar surface area (TPSA) is 82.1 Å². The Morgan fingerprint density at radius 3 is 2.56 bits per heavy atom. The summed E-state index contributed by atoms with van der Waals surface area (Å²) in [6.07, 6.45) is 1.60. The predicted molar refractivity (Wildman–Crippen MR) is 123 cm³/mol. The number of thioether (sulfide) groups is 1. The van der Waals surface area contributed by atoms with Gasteiger partial charge in [-0.15, -0.1) is 0 Å². The fourth-order valence-electron chi connectivity index (χ4n) is 2.81.